The minimum absolute atomic E-state index is 0.228. The summed E-state index contributed by atoms with van der Waals surface area (Å²) in [5.41, 5.74) is 0.956. The molecule has 1 aromatic heterocycles. The Balaban J connectivity index is 1.92. The summed E-state index contributed by atoms with van der Waals surface area (Å²) < 4.78 is 9.95. The molecule has 0 fully saturated rings. The highest BCUT2D eigenvalue weighted by atomic mass is 16.5. The molecule has 3 heteroatoms. The van der Waals surface area contributed by atoms with Crippen LogP contribution >= 0.6 is 0 Å². The van der Waals surface area contributed by atoms with Gasteiger partial charge < -0.3 is 9.15 Å². The molecule has 76 valence electrons. The number of ether oxygens (including phenoxy) is 1. The first-order valence-corrected chi connectivity index (χ1v) is 4.61. The molecule has 0 spiro atoms. The molecule has 0 aliphatic heterocycles. The molecule has 0 atom stereocenters. The SMILES string of the molecule is O=C(OCc1ccccc1)c1ccco1. The number of esters is 1. The van der Waals surface area contributed by atoms with Gasteiger partial charge in [0.05, 0.1) is 6.26 Å². The molecular weight excluding hydrogens is 192 g/mol. The number of rotatable bonds is 3. The number of hydrogen-bond acceptors (Lipinski definition) is 3. The Morgan fingerprint density at radius 1 is 1.13 bits per heavy atom. The highest BCUT2D eigenvalue weighted by Gasteiger charge is 2.09. The Labute approximate surface area is 87.3 Å². The number of carbonyl (C=O) groups excluding carboxylic acids is 1. The van der Waals surface area contributed by atoms with E-state index in [2.05, 4.69) is 0 Å². The van der Waals surface area contributed by atoms with Gasteiger partial charge in [-0.15, -0.1) is 0 Å². The summed E-state index contributed by atoms with van der Waals surface area (Å²) >= 11 is 0. The Bertz CT molecular complexity index is 417. The van der Waals surface area contributed by atoms with Gasteiger partial charge in [0, 0.05) is 0 Å². The number of hydrogen-bond donors (Lipinski definition) is 0. The summed E-state index contributed by atoms with van der Waals surface area (Å²) in [6, 6.07) is 12.7. The molecule has 1 heterocycles. The topological polar surface area (TPSA) is 39.4 Å². The molecule has 0 N–H and O–H groups in total. The van der Waals surface area contributed by atoms with Gasteiger partial charge in [-0.05, 0) is 17.7 Å². The maximum atomic E-state index is 11.4. The maximum absolute atomic E-state index is 11.4. The average molecular weight is 202 g/mol. The van der Waals surface area contributed by atoms with Crippen molar-refractivity contribution in [1.82, 2.24) is 0 Å². The highest BCUT2D eigenvalue weighted by molar-refractivity contribution is 5.86. The van der Waals surface area contributed by atoms with Crippen LogP contribution in [0.5, 0.6) is 0 Å². The van der Waals surface area contributed by atoms with Crippen molar-refractivity contribution in [1.29, 1.82) is 0 Å². The second-order valence-electron chi connectivity index (χ2n) is 3.04. The quantitative estimate of drug-likeness (QED) is 0.718. The van der Waals surface area contributed by atoms with Crippen molar-refractivity contribution in [3.63, 3.8) is 0 Å². The van der Waals surface area contributed by atoms with Crippen LogP contribution in [0, 0.1) is 0 Å². The molecule has 0 aliphatic carbocycles. The Hall–Kier alpha value is -2.03. The van der Waals surface area contributed by atoms with Gasteiger partial charge in [-0.1, -0.05) is 30.3 Å². The zero-order valence-electron chi connectivity index (χ0n) is 8.05. The Morgan fingerprint density at radius 3 is 2.60 bits per heavy atom. The molecule has 0 bridgehead atoms. The van der Waals surface area contributed by atoms with E-state index in [9.17, 15) is 4.79 Å². The third-order valence-electron chi connectivity index (χ3n) is 1.94. The van der Waals surface area contributed by atoms with Gasteiger partial charge in [0.2, 0.25) is 5.76 Å². The molecule has 0 radical (unpaired) electrons. The summed E-state index contributed by atoms with van der Waals surface area (Å²) in [5.74, 6) is -0.213. The highest BCUT2D eigenvalue weighted by Crippen LogP contribution is 2.06. The van der Waals surface area contributed by atoms with Gasteiger partial charge in [-0.25, -0.2) is 4.79 Å². The van der Waals surface area contributed by atoms with Gasteiger partial charge in [0.1, 0.15) is 6.61 Å². The lowest BCUT2D eigenvalue weighted by atomic mass is 10.2. The lowest BCUT2D eigenvalue weighted by Crippen LogP contribution is -2.03. The molecule has 0 aliphatic rings. The fraction of sp³-hybridized carbons (Fsp3) is 0.0833. The van der Waals surface area contributed by atoms with Crippen LogP contribution < -0.4 is 0 Å². The van der Waals surface area contributed by atoms with E-state index in [-0.39, 0.29) is 12.4 Å². The fourth-order valence-electron chi connectivity index (χ4n) is 1.19. The lowest BCUT2D eigenvalue weighted by molar-refractivity contribution is 0.0436. The van der Waals surface area contributed by atoms with E-state index in [0.717, 1.165) is 5.56 Å². The van der Waals surface area contributed by atoms with Crippen molar-refractivity contribution >= 4 is 5.97 Å². The molecule has 0 saturated heterocycles. The maximum Gasteiger partial charge on any atom is 0.374 e. The molecule has 1 aromatic carbocycles. The summed E-state index contributed by atoms with van der Waals surface area (Å²) in [6.45, 7) is 0.264. The van der Waals surface area contributed by atoms with Crippen LogP contribution in [0.1, 0.15) is 16.1 Å². The predicted octanol–water partition coefficient (Wildman–Crippen LogP) is 2.64. The standard InChI is InChI=1S/C12H10O3/c13-12(11-7-4-8-14-11)15-9-10-5-2-1-3-6-10/h1-8H,9H2. The largest absolute Gasteiger partial charge is 0.457 e. The minimum Gasteiger partial charge on any atom is -0.457 e. The summed E-state index contributed by atoms with van der Waals surface area (Å²) in [7, 11) is 0. The van der Waals surface area contributed by atoms with E-state index in [1.54, 1.807) is 12.1 Å². The number of carbonyl (C=O) groups is 1. The second-order valence-corrected chi connectivity index (χ2v) is 3.04. The molecular formula is C12H10O3. The van der Waals surface area contributed by atoms with Gasteiger partial charge in [-0.2, -0.15) is 0 Å². The molecule has 2 rings (SSSR count). The number of benzene rings is 1. The Morgan fingerprint density at radius 2 is 1.93 bits per heavy atom. The van der Waals surface area contributed by atoms with Gasteiger partial charge >= 0.3 is 5.97 Å². The molecule has 0 amide bonds. The Kier molecular flexibility index (Phi) is 2.83. The van der Waals surface area contributed by atoms with Crippen LogP contribution in [0.25, 0.3) is 0 Å². The fourth-order valence-corrected chi connectivity index (χ4v) is 1.19. The summed E-state index contributed by atoms with van der Waals surface area (Å²) in [5, 5.41) is 0. The van der Waals surface area contributed by atoms with Crippen LogP contribution in [-0.2, 0) is 11.3 Å². The lowest BCUT2D eigenvalue weighted by Gasteiger charge is -2.02. The monoisotopic (exact) mass is 202 g/mol. The zero-order valence-corrected chi connectivity index (χ0v) is 8.05. The van der Waals surface area contributed by atoms with Gasteiger partial charge in [0.25, 0.3) is 0 Å². The van der Waals surface area contributed by atoms with Crippen LogP contribution in [0.4, 0.5) is 0 Å². The smallest absolute Gasteiger partial charge is 0.374 e. The van der Waals surface area contributed by atoms with E-state index in [4.69, 9.17) is 9.15 Å². The van der Waals surface area contributed by atoms with Crippen molar-refractivity contribution in [2.45, 2.75) is 6.61 Å². The number of furan rings is 1. The molecule has 2 aromatic rings. The van der Waals surface area contributed by atoms with Crippen molar-refractivity contribution in [2.75, 3.05) is 0 Å². The normalized spacial score (nSPS) is 9.87. The van der Waals surface area contributed by atoms with Gasteiger partial charge in [-0.3, -0.25) is 0 Å². The van der Waals surface area contributed by atoms with Crippen LogP contribution in [-0.4, -0.2) is 5.97 Å². The van der Waals surface area contributed by atoms with Crippen LogP contribution in [0.3, 0.4) is 0 Å². The van der Waals surface area contributed by atoms with Crippen molar-refractivity contribution in [2.24, 2.45) is 0 Å². The average Bonchev–Trinajstić information content (AvgIpc) is 2.81. The first kappa shape index (κ1) is 9.52. The predicted molar refractivity (Wildman–Crippen MR) is 54.3 cm³/mol. The second kappa shape index (κ2) is 4.46. The van der Waals surface area contributed by atoms with E-state index >= 15 is 0 Å². The third-order valence-corrected chi connectivity index (χ3v) is 1.94. The molecule has 0 unspecified atom stereocenters. The first-order chi connectivity index (χ1) is 7.36. The van der Waals surface area contributed by atoms with Gasteiger partial charge in [0.15, 0.2) is 0 Å². The van der Waals surface area contributed by atoms with Crippen molar-refractivity contribution in [3.05, 3.63) is 60.1 Å². The van der Waals surface area contributed by atoms with E-state index < -0.39 is 5.97 Å². The van der Waals surface area contributed by atoms with Crippen LogP contribution in [0.15, 0.2) is 53.1 Å². The minimum atomic E-state index is -0.441. The third kappa shape index (κ3) is 2.47. The summed E-state index contributed by atoms with van der Waals surface area (Å²) in [4.78, 5) is 11.4. The molecule has 0 saturated carbocycles. The van der Waals surface area contributed by atoms with E-state index in [1.165, 1.54) is 6.26 Å². The molecule has 15 heavy (non-hydrogen) atoms. The van der Waals surface area contributed by atoms with Crippen molar-refractivity contribution < 1.29 is 13.9 Å². The molecule has 3 nitrogen and oxygen atoms in total. The summed E-state index contributed by atoms with van der Waals surface area (Å²) in [6.07, 6.45) is 1.44. The first-order valence-electron chi connectivity index (χ1n) is 4.61. The van der Waals surface area contributed by atoms with E-state index in [1.807, 2.05) is 30.3 Å². The zero-order chi connectivity index (χ0) is 10.5. The van der Waals surface area contributed by atoms with Crippen molar-refractivity contribution in [3.8, 4) is 0 Å². The van der Waals surface area contributed by atoms with E-state index in [0.29, 0.717) is 0 Å². The van der Waals surface area contributed by atoms with Crippen LogP contribution in [0.2, 0.25) is 0 Å².